The second-order valence-corrected chi connectivity index (χ2v) is 5.18. The number of carbonyl (C=O) groups excluding carboxylic acids is 1. The van der Waals surface area contributed by atoms with E-state index in [1.54, 1.807) is 24.3 Å². The van der Waals surface area contributed by atoms with E-state index < -0.39 is 23.8 Å². The van der Waals surface area contributed by atoms with Crippen LogP contribution >= 0.6 is 11.3 Å². The van der Waals surface area contributed by atoms with Gasteiger partial charge in [0, 0.05) is 23.0 Å². The number of aromatic nitrogens is 1. The van der Waals surface area contributed by atoms with Gasteiger partial charge >= 0.3 is 6.18 Å². The van der Waals surface area contributed by atoms with Gasteiger partial charge in [0.2, 0.25) is 0 Å². The van der Waals surface area contributed by atoms with Crippen LogP contribution in [0.15, 0.2) is 29.6 Å². The van der Waals surface area contributed by atoms with Gasteiger partial charge in [-0.2, -0.15) is 13.2 Å². The van der Waals surface area contributed by atoms with Crippen molar-refractivity contribution in [2.75, 3.05) is 5.32 Å². The summed E-state index contributed by atoms with van der Waals surface area (Å²) in [5, 5.41) is 14.5. The molecule has 0 bridgehead atoms. The maximum Gasteiger partial charge on any atom is 0.434 e. The number of carbonyl (C=O) groups is 1. The molecule has 2 aromatic rings. The average molecular weight is 315 g/mol. The van der Waals surface area contributed by atoms with Gasteiger partial charge in [0.1, 0.15) is 0 Å². The maximum absolute atomic E-state index is 12.4. The zero-order valence-corrected chi connectivity index (χ0v) is 11.6. The monoisotopic (exact) mass is 315 g/mol. The van der Waals surface area contributed by atoms with Crippen LogP contribution in [0.25, 0.3) is 0 Å². The SMILES string of the molecule is C[C@@H](C(=O)[O-])c1ccc(Nc2nc(C(F)(F)F)cs2)cc1. The summed E-state index contributed by atoms with van der Waals surface area (Å²) in [6, 6.07) is 6.29. The summed E-state index contributed by atoms with van der Waals surface area (Å²) in [4.78, 5) is 14.2. The van der Waals surface area contributed by atoms with Crippen LogP contribution < -0.4 is 10.4 Å². The second kappa shape index (κ2) is 5.72. The highest BCUT2D eigenvalue weighted by atomic mass is 32.1. The Kier molecular flexibility index (Phi) is 4.17. The molecule has 0 saturated carbocycles. The quantitative estimate of drug-likeness (QED) is 0.942. The van der Waals surface area contributed by atoms with Crippen LogP contribution in [0.2, 0.25) is 0 Å². The zero-order valence-electron chi connectivity index (χ0n) is 10.8. The van der Waals surface area contributed by atoms with Crippen molar-refractivity contribution in [2.45, 2.75) is 19.0 Å². The largest absolute Gasteiger partial charge is 0.550 e. The number of benzene rings is 1. The summed E-state index contributed by atoms with van der Waals surface area (Å²) in [5.74, 6) is -1.94. The van der Waals surface area contributed by atoms with Gasteiger partial charge < -0.3 is 15.2 Å². The Morgan fingerprint density at radius 3 is 2.43 bits per heavy atom. The van der Waals surface area contributed by atoms with Crippen molar-refractivity contribution in [1.29, 1.82) is 0 Å². The van der Waals surface area contributed by atoms with Crippen LogP contribution in [-0.4, -0.2) is 11.0 Å². The van der Waals surface area contributed by atoms with Crippen molar-refractivity contribution in [3.8, 4) is 0 Å². The molecule has 1 aromatic carbocycles. The number of aliphatic carboxylic acids is 1. The Labute approximate surface area is 122 Å². The van der Waals surface area contributed by atoms with Gasteiger partial charge in [0.05, 0.1) is 0 Å². The molecule has 1 atom stereocenters. The Morgan fingerprint density at radius 2 is 1.95 bits per heavy atom. The summed E-state index contributed by atoms with van der Waals surface area (Å²) >= 11 is 0.840. The summed E-state index contributed by atoms with van der Waals surface area (Å²) in [5.41, 5.74) is 0.125. The molecule has 0 aliphatic carbocycles. The Hall–Kier alpha value is -2.09. The number of alkyl halides is 3. The first kappa shape index (κ1) is 15.3. The van der Waals surface area contributed by atoms with Crippen molar-refractivity contribution in [3.63, 3.8) is 0 Å². The van der Waals surface area contributed by atoms with Crippen LogP contribution in [-0.2, 0) is 11.0 Å². The van der Waals surface area contributed by atoms with Gasteiger partial charge in [-0.25, -0.2) is 4.98 Å². The highest BCUT2D eigenvalue weighted by Gasteiger charge is 2.33. The van der Waals surface area contributed by atoms with E-state index in [0.29, 0.717) is 11.3 Å². The first-order valence-corrected chi connectivity index (χ1v) is 6.76. The van der Waals surface area contributed by atoms with Gasteiger partial charge in [-0.05, 0) is 17.7 Å². The molecule has 0 radical (unpaired) electrons. The molecule has 0 aliphatic rings. The van der Waals surface area contributed by atoms with E-state index in [9.17, 15) is 23.1 Å². The molecule has 1 N–H and O–H groups in total. The number of carboxylic acid groups (broad SMARTS) is 1. The number of hydrogen-bond donors (Lipinski definition) is 1. The molecular formula is C13H10F3N2O2S-. The van der Waals surface area contributed by atoms with Crippen LogP contribution in [0.3, 0.4) is 0 Å². The standard InChI is InChI=1S/C13H11F3N2O2S/c1-7(11(19)20)8-2-4-9(5-3-8)17-12-18-10(6-21-12)13(14,15)16/h2-7H,1H3,(H,17,18)(H,19,20)/p-1/t7-/m1/s1. The fourth-order valence-electron chi connectivity index (χ4n) is 1.58. The average Bonchev–Trinajstić information content (AvgIpc) is 2.87. The number of anilines is 2. The van der Waals surface area contributed by atoms with Crippen molar-refractivity contribution in [1.82, 2.24) is 4.98 Å². The fraction of sp³-hybridized carbons (Fsp3) is 0.231. The van der Waals surface area contributed by atoms with E-state index in [1.807, 2.05) is 0 Å². The van der Waals surface area contributed by atoms with Crippen LogP contribution in [0.5, 0.6) is 0 Å². The third kappa shape index (κ3) is 3.72. The molecular weight excluding hydrogens is 305 g/mol. The minimum absolute atomic E-state index is 0.114. The number of carboxylic acids is 1. The Balaban J connectivity index is 2.10. The molecule has 0 fully saturated rings. The minimum atomic E-state index is -4.47. The molecule has 21 heavy (non-hydrogen) atoms. The predicted molar refractivity (Wildman–Crippen MR) is 70.3 cm³/mol. The molecule has 2 rings (SSSR count). The van der Waals surface area contributed by atoms with Crippen molar-refractivity contribution in [2.24, 2.45) is 0 Å². The number of nitrogens with zero attached hydrogens (tertiary/aromatic N) is 1. The van der Waals surface area contributed by atoms with Gasteiger partial charge in [-0.1, -0.05) is 19.1 Å². The summed E-state index contributed by atoms with van der Waals surface area (Å²) in [7, 11) is 0. The van der Waals surface area contributed by atoms with Crippen LogP contribution in [0.4, 0.5) is 24.0 Å². The highest BCUT2D eigenvalue weighted by Crippen LogP contribution is 2.32. The van der Waals surface area contributed by atoms with E-state index in [4.69, 9.17) is 0 Å². The summed E-state index contributed by atoms with van der Waals surface area (Å²) in [6.45, 7) is 1.49. The van der Waals surface area contributed by atoms with Gasteiger partial charge in [-0.3, -0.25) is 0 Å². The van der Waals surface area contributed by atoms with Gasteiger partial charge in [0.15, 0.2) is 10.8 Å². The molecule has 0 aliphatic heterocycles. The number of thiazole rings is 1. The van der Waals surface area contributed by atoms with Crippen molar-refractivity contribution in [3.05, 3.63) is 40.9 Å². The number of rotatable bonds is 4. The lowest BCUT2D eigenvalue weighted by Crippen LogP contribution is -2.27. The highest BCUT2D eigenvalue weighted by molar-refractivity contribution is 7.13. The molecule has 1 aromatic heterocycles. The van der Waals surface area contributed by atoms with Gasteiger partial charge in [0.25, 0.3) is 0 Å². The molecule has 4 nitrogen and oxygen atoms in total. The number of hydrogen-bond acceptors (Lipinski definition) is 5. The van der Waals surface area contributed by atoms with Crippen LogP contribution in [0.1, 0.15) is 24.1 Å². The molecule has 0 unspecified atom stereocenters. The third-order valence-corrected chi connectivity index (χ3v) is 3.57. The first-order valence-electron chi connectivity index (χ1n) is 5.88. The number of halogens is 3. The third-order valence-electron chi connectivity index (χ3n) is 2.81. The maximum atomic E-state index is 12.4. The first-order chi connectivity index (χ1) is 9.77. The van der Waals surface area contributed by atoms with E-state index >= 15 is 0 Å². The summed E-state index contributed by atoms with van der Waals surface area (Å²) < 4.78 is 37.2. The van der Waals surface area contributed by atoms with Crippen molar-refractivity contribution < 1.29 is 23.1 Å². The van der Waals surface area contributed by atoms with E-state index in [0.717, 1.165) is 16.7 Å². The minimum Gasteiger partial charge on any atom is -0.550 e. The molecule has 112 valence electrons. The fourth-order valence-corrected chi connectivity index (χ4v) is 2.31. The molecule has 8 heteroatoms. The second-order valence-electron chi connectivity index (χ2n) is 4.32. The topological polar surface area (TPSA) is 65.0 Å². The lowest BCUT2D eigenvalue weighted by Gasteiger charge is -2.13. The Morgan fingerprint density at radius 1 is 1.33 bits per heavy atom. The van der Waals surface area contributed by atoms with Crippen LogP contribution in [0, 0.1) is 0 Å². The molecule has 0 saturated heterocycles. The lowest BCUT2D eigenvalue weighted by atomic mass is 10.0. The van der Waals surface area contributed by atoms with Gasteiger partial charge in [-0.15, -0.1) is 11.3 Å². The molecule has 1 heterocycles. The van der Waals surface area contributed by atoms with Crippen molar-refractivity contribution >= 4 is 28.1 Å². The smallest absolute Gasteiger partial charge is 0.434 e. The normalized spacial score (nSPS) is 13.0. The van der Waals surface area contributed by atoms with E-state index in [-0.39, 0.29) is 5.13 Å². The number of nitrogens with one attached hydrogen (secondary N) is 1. The Bertz CT molecular complexity index is 638. The van der Waals surface area contributed by atoms with E-state index in [2.05, 4.69) is 10.3 Å². The zero-order chi connectivity index (χ0) is 15.6. The van der Waals surface area contributed by atoms with E-state index in [1.165, 1.54) is 6.92 Å². The lowest BCUT2D eigenvalue weighted by molar-refractivity contribution is -0.307. The molecule has 0 spiro atoms. The summed E-state index contributed by atoms with van der Waals surface area (Å²) in [6.07, 6.45) is -4.47. The predicted octanol–water partition coefficient (Wildman–Crippen LogP) is 2.76. The molecule has 0 amide bonds.